The van der Waals surface area contributed by atoms with E-state index in [0.29, 0.717) is 11.3 Å². The number of aryl methyl sites for hydroxylation is 2. The maximum atomic E-state index is 9.29. The second kappa shape index (κ2) is 10.3. The zero-order valence-electron chi connectivity index (χ0n) is 16.1. The summed E-state index contributed by atoms with van der Waals surface area (Å²) in [5.41, 5.74) is 2.94. The van der Waals surface area contributed by atoms with Gasteiger partial charge in [0.2, 0.25) is 0 Å². The first-order chi connectivity index (χ1) is 12.7. The van der Waals surface area contributed by atoms with Crippen molar-refractivity contribution in [1.82, 2.24) is 9.80 Å². The highest BCUT2D eigenvalue weighted by Gasteiger charge is 2.14. The lowest BCUT2D eigenvalue weighted by Gasteiger charge is -2.32. The fraction of sp³-hybridized carbons (Fsp3) is 0.409. The normalized spacial score (nSPS) is 15.0. The Morgan fingerprint density at radius 1 is 1.04 bits per heavy atom. The van der Waals surface area contributed by atoms with Gasteiger partial charge in [-0.1, -0.05) is 24.3 Å². The van der Waals surface area contributed by atoms with Gasteiger partial charge in [-0.25, -0.2) is 0 Å². The van der Waals surface area contributed by atoms with Crippen LogP contribution in [0.5, 0.6) is 11.5 Å². The Hall–Kier alpha value is -2.06. The molecule has 144 valence electrons. The Balaban J connectivity index is 0.00000261. The van der Waals surface area contributed by atoms with E-state index in [4.69, 9.17) is 4.74 Å². The van der Waals surface area contributed by atoms with Gasteiger partial charge in [0.1, 0.15) is 17.6 Å². The number of piperazine rings is 1. The minimum Gasteiger partial charge on any atom is -0.456 e. The van der Waals surface area contributed by atoms with Crippen molar-refractivity contribution in [3.8, 4) is 17.6 Å². The number of ether oxygens (including phenoxy) is 1. The molecule has 1 aliphatic rings. The Morgan fingerprint density at radius 3 is 2.52 bits per heavy atom. The summed E-state index contributed by atoms with van der Waals surface area (Å²) in [6.07, 6.45) is 2.10. The van der Waals surface area contributed by atoms with Crippen LogP contribution in [0.4, 0.5) is 0 Å². The van der Waals surface area contributed by atoms with E-state index >= 15 is 0 Å². The summed E-state index contributed by atoms with van der Waals surface area (Å²) < 4.78 is 6.13. The molecule has 0 spiro atoms. The number of likely N-dealkylation sites (N-methyl/N-ethyl adjacent to an activating group) is 1. The van der Waals surface area contributed by atoms with Crippen molar-refractivity contribution >= 4 is 12.4 Å². The number of rotatable bonds is 6. The smallest absolute Gasteiger partial charge is 0.145 e. The molecule has 0 radical (unpaired) electrons. The molecule has 0 saturated carbocycles. The summed E-state index contributed by atoms with van der Waals surface area (Å²) in [5.74, 6) is 1.49. The molecule has 0 amide bonds. The second-order valence-corrected chi connectivity index (χ2v) is 7.07. The molecular formula is C22H28ClN3O. The van der Waals surface area contributed by atoms with Crippen molar-refractivity contribution in [3.05, 3.63) is 59.2 Å². The van der Waals surface area contributed by atoms with E-state index in [1.54, 1.807) is 6.07 Å². The second-order valence-electron chi connectivity index (χ2n) is 7.07. The van der Waals surface area contributed by atoms with Gasteiger partial charge in [0.15, 0.2) is 0 Å². The molecule has 0 bridgehead atoms. The van der Waals surface area contributed by atoms with Crippen LogP contribution >= 0.6 is 12.4 Å². The average molecular weight is 386 g/mol. The summed E-state index contributed by atoms with van der Waals surface area (Å²) >= 11 is 0. The third kappa shape index (κ3) is 5.97. The van der Waals surface area contributed by atoms with Crippen LogP contribution in [0.1, 0.15) is 23.1 Å². The molecule has 1 fully saturated rings. The monoisotopic (exact) mass is 385 g/mol. The molecule has 4 nitrogen and oxygen atoms in total. The van der Waals surface area contributed by atoms with Gasteiger partial charge < -0.3 is 14.5 Å². The van der Waals surface area contributed by atoms with E-state index in [1.807, 2.05) is 18.2 Å². The van der Waals surface area contributed by atoms with Gasteiger partial charge in [0.05, 0.1) is 5.56 Å². The van der Waals surface area contributed by atoms with Gasteiger partial charge in [0, 0.05) is 26.2 Å². The average Bonchev–Trinajstić information content (AvgIpc) is 2.65. The molecule has 2 aromatic rings. The van der Waals surface area contributed by atoms with Crippen LogP contribution in [0.15, 0.2) is 42.5 Å². The van der Waals surface area contributed by atoms with Crippen LogP contribution in [0.3, 0.4) is 0 Å². The Morgan fingerprint density at radius 2 is 1.78 bits per heavy atom. The lowest BCUT2D eigenvalue weighted by molar-refractivity contribution is 0.153. The van der Waals surface area contributed by atoms with Gasteiger partial charge in [-0.3, -0.25) is 0 Å². The molecule has 0 N–H and O–H groups in total. The number of nitrogens with zero attached hydrogens (tertiary/aromatic N) is 3. The third-order valence-electron chi connectivity index (χ3n) is 4.97. The molecule has 0 aromatic heterocycles. The first-order valence-electron chi connectivity index (χ1n) is 9.33. The molecule has 3 rings (SSSR count). The van der Waals surface area contributed by atoms with Crippen molar-refractivity contribution in [2.45, 2.75) is 19.8 Å². The van der Waals surface area contributed by atoms with Gasteiger partial charge >= 0.3 is 0 Å². The van der Waals surface area contributed by atoms with Gasteiger partial charge in [-0.2, -0.15) is 5.26 Å². The molecule has 0 unspecified atom stereocenters. The number of halogens is 1. The molecule has 1 saturated heterocycles. The van der Waals surface area contributed by atoms with Gasteiger partial charge in [-0.15, -0.1) is 12.4 Å². The fourth-order valence-electron chi connectivity index (χ4n) is 3.29. The zero-order valence-corrected chi connectivity index (χ0v) is 17.0. The van der Waals surface area contributed by atoms with Crippen molar-refractivity contribution in [1.29, 1.82) is 5.26 Å². The van der Waals surface area contributed by atoms with E-state index in [-0.39, 0.29) is 12.4 Å². The topological polar surface area (TPSA) is 39.5 Å². The van der Waals surface area contributed by atoms with E-state index < -0.39 is 0 Å². The SMILES string of the molecule is Cc1ccc(CCCN2CCN(C)CC2)c(Oc2ccccc2C#N)c1.Cl. The molecule has 2 aromatic carbocycles. The van der Waals surface area contributed by atoms with E-state index in [0.717, 1.165) is 56.9 Å². The number of nitriles is 1. The summed E-state index contributed by atoms with van der Waals surface area (Å²) in [7, 11) is 2.19. The Bertz CT molecular complexity index is 779. The minimum absolute atomic E-state index is 0. The van der Waals surface area contributed by atoms with Crippen LogP contribution in [-0.4, -0.2) is 49.6 Å². The van der Waals surface area contributed by atoms with Crippen LogP contribution in [-0.2, 0) is 6.42 Å². The molecule has 1 heterocycles. The summed E-state index contributed by atoms with van der Waals surface area (Å²) in [6.45, 7) is 7.81. The summed E-state index contributed by atoms with van der Waals surface area (Å²) in [5, 5.41) is 9.29. The van der Waals surface area contributed by atoms with E-state index in [2.05, 4.69) is 48.0 Å². The highest BCUT2D eigenvalue weighted by Crippen LogP contribution is 2.29. The predicted molar refractivity (Wildman–Crippen MR) is 112 cm³/mol. The van der Waals surface area contributed by atoms with E-state index in [1.165, 1.54) is 5.56 Å². The first kappa shape index (κ1) is 21.2. The van der Waals surface area contributed by atoms with Crippen molar-refractivity contribution in [2.75, 3.05) is 39.8 Å². The quantitative estimate of drug-likeness (QED) is 0.744. The maximum absolute atomic E-state index is 9.29. The minimum atomic E-state index is 0. The fourth-order valence-corrected chi connectivity index (χ4v) is 3.29. The zero-order chi connectivity index (χ0) is 18.4. The summed E-state index contributed by atoms with van der Waals surface area (Å²) in [4.78, 5) is 4.93. The molecule has 27 heavy (non-hydrogen) atoms. The largest absolute Gasteiger partial charge is 0.456 e. The lowest BCUT2D eigenvalue weighted by atomic mass is 10.1. The third-order valence-corrected chi connectivity index (χ3v) is 4.97. The molecule has 5 heteroatoms. The molecule has 0 aliphatic carbocycles. The standard InChI is InChI=1S/C22H27N3O.ClH/c1-18-9-10-19(7-5-11-25-14-12-24(2)13-15-25)22(16-18)26-21-8-4-3-6-20(21)17-23;/h3-4,6,8-10,16H,5,7,11-15H2,1-2H3;1H. The highest BCUT2D eigenvalue weighted by atomic mass is 35.5. The first-order valence-corrected chi connectivity index (χ1v) is 9.33. The lowest BCUT2D eigenvalue weighted by Crippen LogP contribution is -2.44. The molecule has 1 aliphatic heterocycles. The Kier molecular flexibility index (Phi) is 8.12. The predicted octanol–water partition coefficient (Wildman–Crippen LogP) is 4.26. The van der Waals surface area contributed by atoms with Crippen molar-refractivity contribution in [2.24, 2.45) is 0 Å². The van der Waals surface area contributed by atoms with Gasteiger partial charge in [0.25, 0.3) is 0 Å². The van der Waals surface area contributed by atoms with Gasteiger partial charge in [-0.05, 0) is 62.7 Å². The van der Waals surface area contributed by atoms with Crippen molar-refractivity contribution < 1.29 is 4.74 Å². The van der Waals surface area contributed by atoms with Crippen LogP contribution < -0.4 is 4.74 Å². The maximum Gasteiger partial charge on any atom is 0.145 e. The van der Waals surface area contributed by atoms with E-state index in [9.17, 15) is 5.26 Å². The number of hydrogen-bond donors (Lipinski definition) is 0. The highest BCUT2D eigenvalue weighted by molar-refractivity contribution is 5.85. The van der Waals surface area contributed by atoms with Crippen LogP contribution in [0.2, 0.25) is 0 Å². The molecule has 0 atom stereocenters. The number of hydrogen-bond acceptors (Lipinski definition) is 4. The molecular weight excluding hydrogens is 358 g/mol. The van der Waals surface area contributed by atoms with Crippen LogP contribution in [0, 0.1) is 18.3 Å². The van der Waals surface area contributed by atoms with Crippen molar-refractivity contribution in [3.63, 3.8) is 0 Å². The Labute approximate surface area is 168 Å². The number of para-hydroxylation sites is 1. The number of benzene rings is 2. The van der Waals surface area contributed by atoms with Crippen LogP contribution in [0.25, 0.3) is 0 Å². The summed E-state index contributed by atoms with van der Waals surface area (Å²) in [6, 6.07) is 16.0.